The maximum atomic E-state index is 14.3. The van der Waals surface area contributed by atoms with E-state index in [1.807, 2.05) is 0 Å². The van der Waals surface area contributed by atoms with Crippen molar-refractivity contribution in [3.8, 4) is 0 Å². The number of nitrogens with zero attached hydrogens (tertiary/aromatic N) is 3. The lowest BCUT2D eigenvalue weighted by atomic mass is 9.95. The van der Waals surface area contributed by atoms with Gasteiger partial charge in [-0.15, -0.1) is 0 Å². The first kappa shape index (κ1) is 52.1. The molecule has 20 heteroatoms. The summed E-state index contributed by atoms with van der Waals surface area (Å²) in [5, 5.41) is 3.76. The van der Waals surface area contributed by atoms with Gasteiger partial charge in [0, 0.05) is 4.91 Å². The first-order valence-corrected chi connectivity index (χ1v) is 23.1. The van der Waals surface area contributed by atoms with E-state index in [9.17, 15) is 39.1 Å². The van der Waals surface area contributed by atoms with E-state index in [2.05, 4.69) is 10.0 Å². The van der Waals surface area contributed by atoms with Gasteiger partial charge in [-0.25, -0.2) is 33.6 Å². The monoisotopic (exact) mass is 1020 g/mol. The summed E-state index contributed by atoms with van der Waals surface area (Å²) >= 11 is 0. The van der Waals surface area contributed by atoms with Crippen molar-refractivity contribution in [2.45, 2.75) is 61.3 Å². The molecule has 20 nitrogen and oxygen atoms in total. The van der Waals surface area contributed by atoms with Gasteiger partial charge in [0.15, 0.2) is 49.1 Å². The minimum atomic E-state index is -2.18. The largest absolute Gasteiger partial charge is 0.467 e. The molecule has 8 rings (SSSR count). The summed E-state index contributed by atoms with van der Waals surface area (Å²) in [6.45, 7) is -0.778. The van der Waals surface area contributed by atoms with Crippen molar-refractivity contribution >= 4 is 41.8 Å². The second-order valence-corrected chi connectivity index (χ2v) is 16.5. The van der Waals surface area contributed by atoms with Crippen LogP contribution in [0.5, 0.6) is 0 Å². The van der Waals surface area contributed by atoms with Crippen molar-refractivity contribution in [2.24, 2.45) is 5.11 Å². The van der Waals surface area contributed by atoms with Gasteiger partial charge in [-0.2, -0.15) is 0 Å². The van der Waals surface area contributed by atoms with Gasteiger partial charge in [-0.3, -0.25) is 0 Å². The summed E-state index contributed by atoms with van der Waals surface area (Å²) in [5.41, 5.74) is 9.91. The SMILES string of the molecule is COC(=O)[C@H]1O[C@H](O[C@H]2[C@H](OC(=O)c3ccccc3)[C@@H](OC(=O)c3ccccc3)[C@H](N=[N+]=[N-])O[C@@H]2COC(=O)c2ccccc2)[C@H](OC(=O)c2ccccc2)[C@@H](OC(=O)c2ccccc2)[C@@H]1OC(=O)c1ccccc1. The predicted molar refractivity (Wildman–Crippen MR) is 258 cm³/mol. The zero-order valence-electron chi connectivity index (χ0n) is 39.6. The first-order valence-electron chi connectivity index (χ1n) is 23.1. The van der Waals surface area contributed by atoms with Crippen LogP contribution >= 0.6 is 0 Å². The molecule has 2 heterocycles. The normalized spacial score (nSPS) is 22.8. The van der Waals surface area contributed by atoms with Gasteiger partial charge < -0.3 is 47.4 Å². The Labute approximate surface area is 427 Å². The molecule has 6 aromatic rings. The molecule has 75 heavy (non-hydrogen) atoms. The van der Waals surface area contributed by atoms with Crippen molar-refractivity contribution in [3.05, 3.63) is 226 Å². The molecule has 0 spiro atoms. The Morgan fingerprint density at radius 2 is 0.773 bits per heavy atom. The Bertz CT molecular complexity index is 2990. The van der Waals surface area contributed by atoms with Gasteiger partial charge in [-0.05, 0) is 78.3 Å². The van der Waals surface area contributed by atoms with Gasteiger partial charge in [0.05, 0.1) is 40.5 Å². The fourth-order valence-corrected chi connectivity index (χ4v) is 8.01. The third-order valence-corrected chi connectivity index (χ3v) is 11.6. The highest BCUT2D eigenvalue weighted by molar-refractivity contribution is 5.93. The molecule has 0 unspecified atom stereocenters. The van der Waals surface area contributed by atoms with Gasteiger partial charge >= 0.3 is 41.8 Å². The number of carbonyl (C=O) groups is 7. The van der Waals surface area contributed by atoms with E-state index in [0.717, 1.165) is 7.11 Å². The molecule has 0 aromatic heterocycles. The highest BCUT2D eigenvalue weighted by Gasteiger charge is 2.59. The number of hydrogen-bond donors (Lipinski definition) is 0. The van der Waals surface area contributed by atoms with Gasteiger partial charge in [0.25, 0.3) is 0 Å². The number of rotatable bonds is 17. The molecule has 0 aliphatic carbocycles. The highest BCUT2D eigenvalue weighted by atomic mass is 16.8. The standard InChI is InChI=1S/C55H45N3O17/c1-66-54(65)45-42(70-50(61)35-24-12-4-13-25-35)43(71-51(62)36-26-14-5-15-27-36)46(73-53(64)38-30-18-7-19-31-38)55(75-45)74-40-39(32-67-48(59)33-20-8-2-9-21-33)68-47(57-58-56)44(72-52(63)37-28-16-6-17-29-37)41(40)69-49(60)34-22-10-3-11-23-34/h2-31,39-47,55H,32H2,1H3/t39-,40-,41+,42+,43+,44-,45+,46-,47-,55+/m1/s1. The minimum absolute atomic E-state index is 0.00490. The van der Waals surface area contributed by atoms with E-state index in [1.165, 1.54) is 84.9 Å². The fraction of sp³-hybridized carbons (Fsp3) is 0.218. The van der Waals surface area contributed by atoms with E-state index in [4.69, 9.17) is 47.4 Å². The predicted octanol–water partition coefficient (Wildman–Crippen LogP) is 7.29. The minimum Gasteiger partial charge on any atom is -0.467 e. The maximum Gasteiger partial charge on any atom is 0.339 e. The lowest BCUT2D eigenvalue weighted by Gasteiger charge is -2.48. The first-order chi connectivity index (χ1) is 36.5. The van der Waals surface area contributed by atoms with Crippen molar-refractivity contribution in [1.29, 1.82) is 0 Å². The number of benzene rings is 6. The Kier molecular flexibility index (Phi) is 17.3. The van der Waals surface area contributed by atoms with Crippen LogP contribution in [0.25, 0.3) is 10.4 Å². The Morgan fingerprint density at radius 1 is 0.440 bits per heavy atom. The second kappa shape index (κ2) is 25.0. The molecular formula is C55H45N3O17. The number of ether oxygens (including phenoxy) is 10. The molecule has 2 aliphatic rings. The molecule has 0 bridgehead atoms. The summed E-state index contributed by atoms with van der Waals surface area (Å²) in [5.74, 6) is -7.29. The summed E-state index contributed by atoms with van der Waals surface area (Å²) in [7, 11) is 0.997. The molecule has 382 valence electrons. The quantitative estimate of drug-likeness (QED) is 0.0285. The topological polar surface area (TPSA) is 261 Å². The molecule has 0 amide bonds. The maximum absolute atomic E-state index is 14.3. The Balaban J connectivity index is 1.29. The van der Waals surface area contributed by atoms with Gasteiger partial charge in [0.1, 0.15) is 18.8 Å². The van der Waals surface area contributed by atoms with Crippen LogP contribution in [0.1, 0.15) is 62.1 Å². The number of methoxy groups -OCH3 is 1. The van der Waals surface area contributed by atoms with Crippen molar-refractivity contribution < 1.29 is 80.9 Å². The van der Waals surface area contributed by atoms with Crippen LogP contribution in [-0.2, 0) is 52.2 Å². The van der Waals surface area contributed by atoms with Crippen LogP contribution in [0.4, 0.5) is 0 Å². The lowest BCUT2D eigenvalue weighted by Crippen LogP contribution is -2.67. The molecule has 10 atom stereocenters. The van der Waals surface area contributed by atoms with Crippen LogP contribution in [0, 0.1) is 0 Å². The molecule has 6 aromatic carbocycles. The highest BCUT2D eigenvalue weighted by Crippen LogP contribution is 2.37. The van der Waals surface area contributed by atoms with Gasteiger partial charge in [0.2, 0.25) is 0 Å². The molecule has 2 fully saturated rings. The molecule has 0 radical (unpaired) electrons. The molecule has 0 N–H and O–H groups in total. The van der Waals surface area contributed by atoms with E-state index >= 15 is 0 Å². The van der Waals surface area contributed by atoms with Crippen LogP contribution < -0.4 is 0 Å². The number of esters is 7. The van der Waals surface area contributed by atoms with Crippen LogP contribution in [-0.4, -0.2) is 117 Å². The lowest BCUT2D eigenvalue weighted by molar-refractivity contribution is -0.333. The number of azide groups is 1. The summed E-state index contributed by atoms with van der Waals surface area (Å²) < 4.78 is 60.7. The van der Waals surface area contributed by atoms with Crippen LogP contribution in [0.2, 0.25) is 0 Å². The molecule has 2 aliphatic heterocycles. The second-order valence-electron chi connectivity index (χ2n) is 16.5. The van der Waals surface area contributed by atoms with E-state index in [0.29, 0.717) is 0 Å². The van der Waals surface area contributed by atoms with E-state index in [1.54, 1.807) is 97.1 Å². The van der Waals surface area contributed by atoms with Crippen molar-refractivity contribution in [3.63, 3.8) is 0 Å². The smallest absolute Gasteiger partial charge is 0.339 e. The average molecular weight is 1020 g/mol. The average Bonchev–Trinajstić information content (AvgIpc) is 3.46. The molecule has 0 saturated carbocycles. The Morgan fingerprint density at radius 3 is 1.15 bits per heavy atom. The van der Waals surface area contributed by atoms with E-state index < -0.39 is 110 Å². The zero-order chi connectivity index (χ0) is 52.7. The van der Waals surface area contributed by atoms with Crippen molar-refractivity contribution in [1.82, 2.24) is 0 Å². The number of carbonyl (C=O) groups excluding carboxylic acids is 7. The number of hydrogen-bond acceptors (Lipinski definition) is 18. The zero-order valence-corrected chi connectivity index (χ0v) is 39.6. The van der Waals surface area contributed by atoms with Crippen LogP contribution in [0.3, 0.4) is 0 Å². The van der Waals surface area contributed by atoms with E-state index in [-0.39, 0.29) is 33.4 Å². The van der Waals surface area contributed by atoms with Crippen molar-refractivity contribution in [2.75, 3.05) is 13.7 Å². The third-order valence-electron chi connectivity index (χ3n) is 11.6. The summed E-state index contributed by atoms with van der Waals surface area (Å²) in [6, 6.07) is 45.5. The summed E-state index contributed by atoms with van der Waals surface area (Å²) in [6.07, 6.45) is -19.6. The fourth-order valence-electron chi connectivity index (χ4n) is 8.01. The third kappa shape index (κ3) is 12.9. The molecular weight excluding hydrogens is 975 g/mol. The molecule has 2 saturated heterocycles. The summed E-state index contributed by atoms with van der Waals surface area (Å²) in [4.78, 5) is 101. The van der Waals surface area contributed by atoms with Gasteiger partial charge in [-0.1, -0.05) is 114 Å². The Hall–Kier alpha value is -9.20. The van der Waals surface area contributed by atoms with Crippen LogP contribution in [0.15, 0.2) is 187 Å².